The van der Waals surface area contributed by atoms with Crippen molar-refractivity contribution in [2.75, 3.05) is 19.4 Å². The third kappa shape index (κ3) is 2.64. The fraction of sp³-hybridized carbons (Fsp3) is 0.500. The first-order valence-corrected chi connectivity index (χ1v) is 5.78. The molecule has 0 spiro atoms. The SMILES string of the molecule is CN(C)C(=O)c1ccc(NC2(C(F)(F)F)CC2)nc1. The van der Waals surface area contributed by atoms with Crippen molar-refractivity contribution in [3.05, 3.63) is 23.9 Å². The maximum Gasteiger partial charge on any atom is 0.411 e. The number of nitrogens with one attached hydrogen (secondary N) is 1. The molecule has 0 aromatic carbocycles. The van der Waals surface area contributed by atoms with Gasteiger partial charge in [0, 0.05) is 20.3 Å². The lowest BCUT2D eigenvalue weighted by Crippen LogP contribution is -2.38. The number of anilines is 1. The summed E-state index contributed by atoms with van der Waals surface area (Å²) in [6, 6.07) is 2.85. The predicted molar refractivity (Wildman–Crippen MR) is 63.9 cm³/mol. The standard InChI is InChI=1S/C12H14F3N3O/c1-18(2)10(19)8-3-4-9(16-7-8)17-11(5-6-11)12(13,14)15/h3-4,7H,5-6H2,1-2H3,(H,16,17). The topological polar surface area (TPSA) is 45.2 Å². The summed E-state index contributed by atoms with van der Waals surface area (Å²) < 4.78 is 38.2. The largest absolute Gasteiger partial charge is 0.411 e. The summed E-state index contributed by atoms with van der Waals surface area (Å²) in [5.74, 6) is -0.110. The quantitative estimate of drug-likeness (QED) is 0.919. The maximum absolute atomic E-state index is 12.7. The average Bonchev–Trinajstić information content (AvgIpc) is 3.09. The Hall–Kier alpha value is -1.79. The van der Waals surface area contributed by atoms with Gasteiger partial charge in [-0.2, -0.15) is 13.2 Å². The molecule has 104 valence electrons. The molecular formula is C12H14F3N3O. The van der Waals surface area contributed by atoms with Crippen molar-refractivity contribution in [3.8, 4) is 0 Å². The Bertz CT molecular complexity index is 478. The Labute approximate surface area is 108 Å². The average molecular weight is 273 g/mol. The number of rotatable bonds is 3. The highest BCUT2D eigenvalue weighted by Gasteiger charge is 2.63. The Morgan fingerprint density at radius 2 is 2.00 bits per heavy atom. The molecule has 0 unspecified atom stereocenters. The van der Waals surface area contributed by atoms with E-state index in [2.05, 4.69) is 10.3 Å². The number of alkyl halides is 3. The summed E-state index contributed by atoms with van der Waals surface area (Å²) in [6.07, 6.45) is -2.91. The van der Waals surface area contributed by atoms with Gasteiger partial charge in [0.25, 0.3) is 5.91 Å². The second kappa shape index (κ2) is 4.40. The molecule has 1 aromatic heterocycles. The van der Waals surface area contributed by atoms with E-state index in [1.54, 1.807) is 14.1 Å². The molecule has 1 saturated carbocycles. The van der Waals surface area contributed by atoms with Crippen molar-refractivity contribution in [3.63, 3.8) is 0 Å². The number of carbonyl (C=O) groups excluding carboxylic acids is 1. The second-order valence-corrected chi connectivity index (χ2v) is 4.84. The van der Waals surface area contributed by atoms with Crippen LogP contribution in [0.2, 0.25) is 0 Å². The molecular weight excluding hydrogens is 259 g/mol. The van der Waals surface area contributed by atoms with E-state index in [9.17, 15) is 18.0 Å². The number of carbonyl (C=O) groups is 1. The van der Waals surface area contributed by atoms with Gasteiger partial charge in [-0.3, -0.25) is 4.79 Å². The molecule has 0 aliphatic heterocycles. The molecule has 1 aliphatic rings. The van der Waals surface area contributed by atoms with Crippen LogP contribution in [0.15, 0.2) is 18.3 Å². The molecule has 0 atom stereocenters. The molecule has 4 nitrogen and oxygen atoms in total. The van der Waals surface area contributed by atoms with Crippen LogP contribution in [0.3, 0.4) is 0 Å². The first-order chi connectivity index (χ1) is 8.75. The minimum absolute atomic E-state index is 0.0521. The van der Waals surface area contributed by atoms with Gasteiger partial charge in [-0.25, -0.2) is 4.98 Å². The van der Waals surface area contributed by atoms with Crippen LogP contribution in [0.4, 0.5) is 19.0 Å². The summed E-state index contributed by atoms with van der Waals surface area (Å²) in [4.78, 5) is 16.8. The van der Waals surface area contributed by atoms with Crippen LogP contribution < -0.4 is 5.32 Å². The highest BCUT2D eigenvalue weighted by atomic mass is 19.4. The monoisotopic (exact) mass is 273 g/mol. The Morgan fingerprint density at radius 3 is 2.37 bits per heavy atom. The van der Waals surface area contributed by atoms with Gasteiger partial charge in [0.2, 0.25) is 0 Å². The van der Waals surface area contributed by atoms with Gasteiger partial charge < -0.3 is 10.2 Å². The van der Waals surface area contributed by atoms with Crippen molar-refractivity contribution in [1.29, 1.82) is 0 Å². The summed E-state index contributed by atoms with van der Waals surface area (Å²) in [6.45, 7) is 0. The number of hydrogen-bond acceptors (Lipinski definition) is 3. The minimum Gasteiger partial charge on any atom is -0.356 e. The molecule has 0 saturated heterocycles. The zero-order chi connectivity index (χ0) is 14.3. The Morgan fingerprint density at radius 1 is 1.37 bits per heavy atom. The number of amides is 1. The molecule has 1 aliphatic carbocycles. The van der Waals surface area contributed by atoms with E-state index >= 15 is 0 Å². The van der Waals surface area contributed by atoms with Crippen molar-refractivity contribution < 1.29 is 18.0 Å². The van der Waals surface area contributed by atoms with E-state index in [-0.39, 0.29) is 24.6 Å². The third-order valence-electron chi connectivity index (χ3n) is 3.08. The molecule has 0 bridgehead atoms. The summed E-state index contributed by atoms with van der Waals surface area (Å²) in [5.41, 5.74) is -1.50. The lowest BCUT2D eigenvalue weighted by molar-refractivity contribution is -0.151. The molecule has 7 heteroatoms. The predicted octanol–water partition coefficient (Wildman–Crippen LogP) is 2.29. The summed E-state index contributed by atoms with van der Waals surface area (Å²) >= 11 is 0. The molecule has 0 radical (unpaired) electrons. The van der Waals surface area contributed by atoms with Crippen LogP contribution in [0.5, 0.6) is 0 Å². The maximum atomic E-state index is 12.7. The third-order valence-corrected chi connectivity index (χ3v) is 3.08. The number of halogens is 3. The van der Waals surface area contributed by atoms with Crippen LogP contribution >= 0.6 is 0 Å². The van der Waals surface area contributed by atoms with Gasteiger partial charge in [-0.15, -0.1) is 0 Å². The molecule has 2 rings (SSSR count). The van der Waals surface area contributed by atoms with Gasteiger partial charge in [0.05, 0.1) is 5.56 Å². The highest BCUT2D eigenvalue weighted by Crippen LogP contribution is 2.50. The van der Waals surface area contributed by atoms with E-state index in [0.717, 1.165) is 0 Å². The van der Waals surface area contributed by atoms with Crippen LogP contribution in [-0.2, 0) is 0 Å². The normalized spacial score (nSPS) is 16.9. The smallest absolute Gasteiger partial charge is 0.356 e. The number of aromatic nitrogens is 1. The zero-order valence-electron chi connectivity index (χ0n) is 10.6. The first kappa shape index (κ1) is 13.6. The van der Waals surface area contributed by atoms with E-state index < -0.39 is 11.7 Å². The fourth-order valence-electron chi connectivity index (χ4n) is 1.70. The highest BCUT2D eigenvalue weighted by molar-refractivity contribution is 5.93. The van der Waals surface area contributed by atoms with Crippen molar-refractivity contribution in [2.24, 2.45) is 0 Å². The van der Waals surface area contributed by atoms with Crippen LogP contribution in [0.1, 0.15) is 23.2 Å². The summed E-state index contributed by atoms with van der Waals surface area (Å²) in [7, 11) is 3.19. The van der Waals surface area contributed by atoms with Gasteiger partial charge in [-0.1, -0.05) is 0 Å². The van der Waals surface area contributed by atoms with Crippen LogP contribution in [0.25, 0.3) is 0 Å². The lowest BCUT2D eigenvalue weighted by atomic mass is 10.2. The van der Waals surface area contributed by atoms with E-state index in [1.165, 1.54) is 23.2 Å². The minimum atomic E-state index is -4.28. The van der Waals surface area contributed by atoms with Gasteiger partial charge in [0.1, 0.15) is 11.4 Å². The number of hydrogen-bond donors (Lipinski definition) is 1. The van der Waals surface area contributed by atoms with Gasteiger partial charge >= 0.3 is 6.18 Å². The van der Waals surface area contributed by atoms with Crippen LogP contribution in [0, 0.1) is 0 Å². The molecule has 1 amide bonds. The molecule has 1 aromatic rings. The van der Waals surface area contributed by atoms with Gasteiger partial charge in [-0.05, 0) is 25.0 Å². The number of pyridine rings is 1. The Kier molecular flexibility index (Phi) is 3.15. The zero-order valence-corrected chi connectivity index (χ0v) is 10.6. The van der Waals surface area contributed by atoms with Crippen molar-refractivity contribution in [1.82, 2.24) is 9.88 Å². The second-order valence-electron chi connectivity index (χ2n) is 4.84. The van der Waals surface area contributed by atoms with Crippen molar-refractivity contribution >= 4 is 11.7 Å². The van der Waals surface area contributed by atoms with Crippen molar-refractivity contribution in [2.45, 2.75) is 24.6 Å². The lowest BCUT2D eigenvalue weighted by Gasteiger charge is -2.21. The van der Waals surface area contributed by atoms with Gasteiger partial charge in [0.15, 0.2) is 0 Å². The molecule has 1 fully saturated rings. The first-order valence-electron chi connectivity index (χ1n) is 5.78. The van der Waals surface area contributed by atoms with Crippen LogP contribution in [-0.4, -0.2) is 41.6 Å². The fourth-order valence-corrected chi connectivity index (χ4v) is 1.70. The molecule has 19 heavy (non-hydrogen) atoms. The number of nitrogens with zero attached hydrogens (tertiary/aromatic N) is 2. The van der Waals surface area contributed by atoms with E-state index in [0.29, 0.717) is 5.56 Å². The molecule has 1 N–H and O–H groups in total. The summed E-state index contributed by atoms with van der Waals surface area (Å²) in [5, 5.41) is 2.40. The molecule has 1 heterocycles. The van der Waals surface area contributed by atoms with E-state index in [1.807, 2.05) is 0 Å². The Balaban J connectivity index is 2.10. The van der Waals surface area contributed by atoms with E-state index in [4.69, 9.17) is 0 Å².